The van der Waals surface area contributed by atoms with Gasteiger partial charge in [-0.2, -0.15) is 0 Å². The molecule has 0 atom stereocenters. The van der Waals surface area contributed by atoms with Gasteiger partial charge in [-0.05, 0) is 12.1 Å². The maximum Gasteiger partial charge on any atom is 0.222 e. The molecule has 88 valence electrons. The highest BCUT2D eigenvalue weighted by Crippen LogP contribution is 2.09. The maximum absolute atomic E-state index is 11.3. The van der Waals surface area contributed by atoms with Crippen molar-refractivity contribution in [3.05, 3.63) is 30.3 Å². The largest absolute Gasteiger partial charge is 0.373 e. The summed E-state index contributed by atoms with van der Waals surface area (Å²) >= 11 is 0. The van der Waals surface area contributed by atoms with Crippen LogP contribution in [0.2, 0.25) is 0 Å². The van der Waals surface area contributed by atoms with E-state index < -0.39 is 0 Å². The summed E-state index contributed by atoms with van der Waals surface area (Å²) in [5.41, 5.74) is 1.17. The number of amides is 1. The topological polar surface area (TPSA) is 32.3 Å². The van der Waals surface area contributed by atoms with Crippen molar-refractivity contribution in [1.29, 1.82) is 0 Å². The van der Waals surface area contributed by atoms with E-state index >= 15 is 0 Å². The average Bonchev–Trinajstić information content (AvgIpc) is 2.29. The molecular formula is C13H20N2O. The van der Waals surface area contributed by atoms with Crippen LogP contribution in [0.4, 0.5) is 5.69 Å². The lowest BCUT2D eigenvalue weighted by atomic mass is 10.2. The third-order valence-electron chi connectivity index (χ3n) is 2.47. The van der Waals surface area contributed by atoms with Gasteiger partial charge in [0.15, 0.2) is 0 Å². The molecule has 1 aromatic rings. The summed E-state index contributed by atoms with van der Waals surface area (Å²) in [7, 11) is 2.02. The minimum absolute atomic E-state index is 0.0574. The minimum Gasteiger partial charge on any atom is -0.373 e. The third kappa shape index (κ3) is 3.93. The second-order valence-corrected chi connectivity index (χ2v) is 4.20. The lowest BCUT2D eigenvalue weighted by Crippen LogP contribution is -2.35. The van der Waals surface area contributed by atoms with Gasteiger partial charge in [0.1, 0.15) is 0 Å². The Balaban J connectivity index is 2.31. The van der Waals surface area contributed by atoms with E-state index in [4.69, 9.17) is 0 Å². The molecule has 0 aliphatic heterocycles. The predicted molar refractivity (Wildman–Crippen MR) is 67.6 cm³/mol. The van der Waals surface area contributed by atoms with E-state index in [2.05, 4.69) is 22.3 Å². The first-order valence-electron chi connectivity index (χ1n) is 5.65. The van der Waals surface area contributed by atoms with Gasteiger partial charge in [0.25, 0.3) is 0 Å². The molecule has 1 amide bonds. The number of hydrogen-bond donors (Lipinski definition) is 1. The molecule has 1 rings (SSSR count). The molecule has 0 saturated carbocycles. The van der Waals surface area contributed by atoms with Gasteiger partial charge in [-0.15, -0.1) is 0 Å². The van der Waals surface area contributed by atoms with Crippen LogP contribution in [-0.2, 0) is 4.79 Å². The van der Waals surface area contributed by atoms with Crippen LogP contribution >= 0.6 is 0 Å². The van der Waals surface area contributed by atoms with Crippen molar-refractivity contribution >= 4 is 11.6 Å². The molecule has 0 aliphatic rings. The van der Waals surface area contributed by atoms with Gasteiger partial charge in [0.05, 0.1) is 0 Å². The summed E-state index contributed by atoms with van der Waals surface area (Å²) in [6, 6.07) is 10.1. The molecule has 0 heterocycles. The Morgan fingerprint density at radius 1 is 1.31 bits per heavy atom. The molecule has 16 heavy (non-hydrogen) atoms. The Labute approximate surface area is 97.5 Å². The number of nitrogens with one attached hydrogen (secondary N) is 1. The minimum atomic E-state index is 0.0574. The number of carbonyl (C=O) groups is 1. The van der Waals surface area contributed by atoms with Gasteiger partial charge in [0, 0.05) is 31.7 Å². The molecule has 0 fully saturated rings. The zero-order chi connectivity index (χ0) is 12.0. The van der Waals surface area contributed by atoms with Crippen LogP contribution in [-0.4, -0.2) is 26.0 Å². The number of nitrogens with zero attached hydrogens (tertiary/aromatic N) is 1. The number of rotatable bonds is 5. The normalized spacial score (nSPS) is 10.2. The smallest absolute Gasteiger partial charge is 0.222 e. The molecule has 0 spiro atoms. The Bertz CT molecular complexity index is 322. The quantitative estimate of drug-likeness (QED) is 0.822. The van der Waals surface area contributed by atoms with Gasteiger partial charge >= 0.3 is 0 Å². The van der Waals surface area contributed by atoms with Crippen LogP contribution in [0.3, 0.4) is 0 Å². The number of anilines is 1. The fraction of sp³-hybridized carbons (Fsp3) is 0.462. The highest BCUT2D eigenvalue weighted by molar-refractivity contribution is 5.77. The van der Waals surface area contributed by atoms with Crippen molar-refractivity contribution < 1.29 is 4.79 Å². The van der Waals surface area contributed by atoms with Gasteiger partial charge in [-0.3, -0.25) is 4.79 Å². The van der Waals surface area contributed by atoms with E-state index in [0.29, 0.717) is 6.54 Å². The summed E-state index contributed by atoms with van der Waals surface area (Å²) in [5.74, 6) is 0.170. The fourth-order valence-corrected chi connectivity index (χ4v) is 1.36. The second kappa shape index (κ2) is 6.16. The van der Waals surface area contributed by atoms with Gasteiger partial charge in [-0.1, -0.05) is 32.0 Å². The van der Waals surface area contributed by atoms with Crippen LogP contribution in [0, 0.1) is 5.92 Å². The average molecular weight is 220 g/mol. The van der Waals surface area contributed by atoms with Crippen LogP contribution in [0.1, 0.15) is 13.8 Å². The first-order valence-corrected chi connectivity index (χ1v) is 5.65. The Morgan fingerprint density at radius 2 is 1.94 bits per heavy atom. The lowest BCUT2D eigenvalue weighted by Gasteiger charge is -2.19. The molecule has 1 aromatic carbocycles. The number of para-hydroxylation sites is 1. The standard InChI is InChI=1S/C13H20N2O/c1-11(2)13(16)14-9-10-15(3)12-7-5-4-6-8-12/h4-8,11H,9-10H2,1-3H3,(H,14,16). The zero-order valence-electron chi connectivity index (χ0n) is 10.2. The first-order chi connectivity index (χ1) is 7.61. The van der Waals surface area contributed by atoms with Crippen molar-refractivity contribution in [2.45, 2.75) is 13.8 Å². The number of likely N-dealkylation sites (N-methyl/N-ethyl adjacent to an activating group) is 1. The number of carbonyl (C=O) groups excluding carboxylic acids is 1. The Hall–Kier alpha value is -1.51. The zero-order valence-corrected chi connectivity index (χ0v) is 10.2. The van der Waals surface area contributed by atoms with Crippen LogP contribution in [0.5, 0.6) is 0 Å². The summed E-state index contributed by atoms with van der Waals surface area (Å²) in [6.45, 7) is 5.30. The van der Waals surface area contributed by atoms with Crippen molar-refractivity contribution in [2.75, 3.05) is 25.0 Å². The number of benzene rings is 1. The van der Waals surface area contributed by atoms with Gasteiger partial charge in [0.2, 0.25) is 5.91 Å². The van der Waals surface area contributed by atoms with Crippen molar-refractivity contribution in [1.82, 2.24) is 5.32 Å². The summed E-state index contributed by atoms with van der Waals surface area (Å²) in [4.78, 5) is 13.5. The molecule has 1 N–H and O–H groups in total. The van der Waals surface area contributed by atoms with E-state index in [1.54, 1.807) is 0 Å². The summed E-state index contributed by atoms with van der Waals surface area (Å²) in [5, 5.41) is 2.90. The summed E-state index contributed by atoms with van der Waals surface area (Å²) in [6.07, 6.45) is 0. The van der Waals surface area contributed by atoms with Crippen LogP contribution in [0.15, 0.2) is 30.3 Å². The van der Waals surface area contributed by atoms with Crippen LogP contribution < -0.4 is 10.2 Å². The summed E-state index contributed by atoms with van der Waals surface area (Å²) < 4.78 is 0. The molecular weight excluding hydrogens is 200 g/mol. The molecule has 3 heteroatoms. The molecule has 0 bridgehead atoms. The predicted octanol–water partition coefficient (Wildman–Crippen LogP) is 1.89. The van der Waals surface area contributed by atoms with E-state index in [1.807, 2.05) is 39.1 Å². The van der Waals surface area contributed by atoms with E-state index in [1.165, 1.54) is 5.69 Å². The SMILES string of the molecule is CC(C)C(=O)NCCN(C)c1ccccc1. The van der Waals surface area contributed by atoms with E-state index in [-0.39, 0.29) is 11.8 Å². The van der Waals surface area contributed by atoms with Gasteiger partial charge < -0.3 is 10.2 Å². The Morgan fingerprint density at radius 3 is 2.50 bits per heavy atom. The van der Waals surface area contributed by atoms with Crippen molar-refractivity contribution in [3.63, 3.8) is 0 Å². The van der Waals surface area contributed by atoms with E-state index in [0.717, 1.165) is 6.54 Å². The lowest BCUT2D eigenvalue weighted by molar-refractivity contribution is -0.123. The first kappa shape index (κ1) is 12.6. The Kier molecular flexibility index (Phi) is 4.83. The number of hydrogen-bond acceptors (Lipinski definition) is 2. The van der Waals surface area contributed by atoms with Crippen molar-refractivity contribution in [3.8, 4) is 0 Å². The molecule has 0 aromatic heterocycles. The highest BCUT2D eigenvalue weighted by Gasteiger charge is 2.06. The molecule has 0 aliphatic carbocycles. The highest BCUT2D eigenvalue weighted by atomic mass is 16.1. The molecule has 3 nitrogen and oxygen atoms in total. The fourth-order valence-electron chi connectivity index (χ4n) is 1.36. The van der Waals surface area contributed by atoms with Crippen LogP contribution in [0.25, 0.3) is 0 Å². The molecule has 0 radical (unpaired) electrons. The van der Waals surface area contributed by atoms with Gasteiger partial charge in [-0.25, -0.2) is 0 Å². The molecule has 0 unspecified atom stereocenters. The van der Waals surface area contributed by atoms with E-state index in [9.17, 15) is 4.79 Å². The monoisotopic (exact) mass is 220 g/mol. The van der Waals surface area contributed by atoms with Crippen molar-refractivity contribution in [2.24, 2.45) is 5.92 Å². The second-order valence-electron chi connectivity index (χ2n) is 4.20. The third-order valence-corrected chi connectivity index (χ3v) is 2.47. The molecule has 0 saturated heterocycles. The maximum atomic E-state index is 11.3.